The predicted octanol–water partition coefficient (Wildman–Crippen LogP) is 13.2. The Balaban J connectivity index is 1.15. The van der Waals surface area contributed by atoms with Crippen molar-refractivity contribution in [2.75, 3.05) is 0 Å². The third-order valence-electron chi connectivity index (χ3n) is 10.4. The maximum Gasteiger partial charge on any atom is 0.160 e. The van der Waals surface area contributed by atoms with E-state index in [4.69, 9.17) is 9.97 Å². The number of thiophene rings is 1. The highest BCUT2D eigenvalue weighted by Crippen LogP contribution is 2.48. The van der Waals surface area contributed by atoms with Gasteiger partial charge in [-0.25, -0.2) is 9.97 Å². The number of rotatable bonds is 4. The van der Waals surface area contributed by atoms with E-state index in [1.165, 1.54) is 63.9 Å². The molecular weight excluding hydrogens is 651 g/mol. The second-order valence-corrected chi connectivity index (χ2v) is 14.4. The molecule has 0 aliphatic rings. The van der Waals surface area contributed by atoms with E-state index < -0.39 is 0 Å². The van der Waals surface area contributed by atoms with Crippen LogP contribution in [0.5, 0.6) is 0 Å². The topological polar surface area (TPSA) is 30.7 Å². The van der Waals surface area contributed by atoms with Gasteiger partial charge in [0.2, 0.25) is 0 Å². The van der Waals surface area contributed by atoms with Gasteiger partial charge < -0.3 is 4.57 Å². The third-order valence-corrected chi connectivity index (χ3v) is 11.6. The summed E-state index contributed by atoms with van der Waals surface area (Å²) in [5.41, 5.74) is 9.79. The fourth-order valence-corrected chi connectivity index (χ4v) is 9.29. The van der Waals surface area contributed by atoms with Gasteiger partial charge in [-0.05, 0) is 46.8 Å². The zero-order valence-electron chi connectivity index (χ0n) is 28.0. The lowest BCUT2D eigenvalue weighted by atomic mass is 10.00. The standard InChI is InChI=1S/C48H29N3S/c1-2-13-30(14-3-1)31-25-27-32(28-26-31)45-37-19-6-9-22-40(37)49-48(50-45)33-15-12-16-34(29-33)51-41-23-10-7-20-38(41)43-35-17-4-5-18-36(35)47-44(46(43)51)39-21-8-11-24-42(39)52-47/h1-29H. The van der Waals surface area contributed by atoms with Crippen molar-refractivity contribution in [1.82, 2.24) is 14.5 Å². The summed E-state index contributed by atoms with van der Waals surface area (Å²) in [5, 5.41) is 8.75. The number of hydrogen-bond donors (Lipinski definition) is 0. The Morgan fingerprint density at radius 1 is 0.423 bits per heavy atom. The van der Waals surface area contributed by atoms with Gasteiger partial charge in [-0.3, -0.25) is 0 Å². The fourth-order valence-electron chi connectivity index (χ4n) is 8.05. The van der Waals surface area contributed by atoms with E-state index >= 15 is 0 Å². The van der Waals surface area contributed by atoms with Crippen LogP contribution in [0.1, 0.15) is 0 Å². The zero-order chi connectivity index (χ0) is 34.2. The van der Waals surface area contributed by atoms with Crippen molar-refractivity contribution in [1.29, 1.82) is 0 Å². The molecule has 0 bridgehead atoms. The summed E-state index contributed by atoms with van der Waals surface area (Å²) < 4.78 is 5.09. The molecule has 0 spiro atoms. The molecular formula is C48H29N3S. The first kappa shape index (κ1) is 29.1. The molecule has 0 saturated heterocycles. The van der Waals surface area contributed by atoms with Crippen LogP contribution < -0.4 is 0 Å². The summed E-state index contributed by atoms with van der Waals surface area (Å²) in [7, 11) is 0. The van der Waals surface area contributed by atoms with Gasteiger partial charge in [0.1, 0.15) is 0 Å². The molecule has 0 radical (unpaired) electrons. The van der Waals surface area contributed by atoms with E-state index in [1.807, 2.05) is 11.3 Å². The van der Waals surface area contributed by atoms with Crippen molar-refractivity contribution in [2.45, 2.75) is 0 Å². The van der Waals surface area contributed by atoms with Gasteiger partial charge in [-0.2, -0.15) is 0 Å². The van der Waals surface area contributed by atoms with Gasteiger partial charge in [-0.15, -0.1) is 11.3 Å². The van der Waals surface area contributed by atoms with Crippen molar-refractivity contribution in [2.24, 2.45) is 0 Å². The van der Waals surface area contributed by atoms with Crippen LogP contribution in [0.15, 0.2) is 176 Å². The Bertz CT molecular complexity index is 3170. The van der Waals surface area contributed by atoms with E-state index in [9.17, 15) is 0 Å². The highest BCUT2D eigenvalue weighted by Gasteiger charge is 2.22. The summed E-state index contributed by atoms with van der Waals surface area (Å²) in [6.07, 6.45) is 0. The molecule has 52 heavy (non-hydrogen) atoms. The lowest BCUT2D eigenvalue weighted by molar-refractivity contribution is 1.18. The van der Waals surface area contributed by atoms with Crippen molar-refractivity contribution in [3.8, 4) is 39.5 Å². The van der Waals surface area contributed by atoms with E-state index in [1.54, 1.807) is 0 Å². The molecule has 3 heterocycles. The van der Waals surface area contributed by atoms with Crippen LogP contribution >= 0.6 is 11.3 Å². The molecule has 3 aromatic heterocycles. The molecule has 0 fully saturated rings. The molecule has 0 N–H and O–H groups in total. The van der Waals surface area contributed by atoms with Crippen LogP contribution in [-0.4, -0.2) is 14.5 Å². The summed E-state index contributed by atoms with van der Waals surface area (Å²) in [4.78, 5) is 10.4. The molecule has 3 nitrogen and oxygen atoms in total. The molecule has 0 atom stereocenters. The number of para-hydroxylation sites is 2. The first-order valence-corrected chi connectivity index (χ1v) is 18.4. The highest BCUT2D eigenvalue weighted by molar-refractivity contribution is 7.27. The van der Waals surface area contributed by atoms with Gasteiger partial charge in [0, 0.05) is 58.5 Å². The Hall–Kier alpha value is -6.62. The minimum Gasteiger partial charge on any atom is -0.309 e. The molecule has 0 amide bonds. The van der Waals surface area contributed by atoms with Crippen LogP contribution in [0.25, 0.3) is 103 Å². The molecule has 4 heteroatoms. The van der Waals surface area contributed by atoms with Crippen LogP contribution in [-0.2, 0) is 0 Å². The third kappa shape index (κ3) is 4.38. The second-order valence-electron chi connectivity index (χ2n) is 13.3. The molecule has 11 aromatic rings. The second kappa shape index (κ2) is 11.5. The molecule has 0 aliphatic carbocycles. The van der Waals surface area contributed by atoms with Crippen molar-refractivity contribution >= 4 is 75.0 Å². The number of nitrogens with zero attached hydrogens (tertiary/aromatic N) is 3. The SMILES string of the molecule is c1ccc(-c2ccc(-c3nc(-c4cccc(-n5c6ccccc6c6c7ccccc7c7sc8ccccc8c7c65)c4)nc4ccccc34)cc2)cc1. The van der Waals surface area contributed by atoms with E-state index in [-0.39, 0.29) is 0 Å². The summed E-state index contributed by atoms with van der Waals surface area (Å²) in [6, 6.07) is 62.8. The van der Waals surface area contributed by atoms with E-state index in [0.717, 1.165) is 33.4 Å². The Morgan fingerprint density at radius 2 is 1.06 bits per heavy atom. The van der Waals surface area contributed by atoms with Crippen molar-refractivity contribution < 1.29 is 0 Å². The smallest absolute Gasteiger partial charge is 0.160 e. The van der Waals surface area contributed by atoms with E-state index in [2.05, 4.69) is 180 Å². The summed E-state index contributed by atoms with van der Waals surface area (Å²) >= 11 is 1.89. The molecule has 8 aromatic carbocycles. The molecule has 0 unspecified atom stereocenters. The molecule has 11 rings (SSSR count). The van der Waals surface area contributed by atoms with Gasteiger partial charge >= 0.3 is 0 Å². The fraction of sp³-hybridized carbons (Fsp3) is 0. The number of hydrogen-bond acceptors (Lipinski definition) is 3. The monoisotopic (exact) mass is 679 g/mol. The van der Waals surface area contributed by atoms with Gasteiger partial charge in [0.25, 0.3) is 0 Å². The van der Waals surface area contributed by atoms with E-state index in [0.29, 0.717) is 5.82 Å². The van der Waals surface area contributed by atoms with Gasteiger partial charge in [0.15, 0.2) is 5.82 Å². The molecule has 0 saturated carbocycles. The molecule has 242 valence electrons. The van der Waals surface area contributed by atoms with Crippen molar-refractivity contribution in [3.05, 3.63) is 176 Å². The normalized spacial score (nSPS) is 11.8. The Labute approximate surface area is 303 Å². The number of benzene rings is 8. The van der Waals surface area contributed by atoms with Crippen LogP contribution in [0.3, 0.4) is 0 Å². The number of aromatic nitrogens is 3. The minimum absolute atomic E-state index is 0.708. The predicted molar refractivity (Wildman–Crippen MR) is 221 cm³/mol. The number of fused-ring (bicyclic) bond motifs is 11. The first-order valence-electron chi connectivity index (χ1n) is 17.6. The Morgan fingerprint density at radius 3 is 1.90 bits per heavy atom. The largest absolute Gasteiger partial charge is 0.309 e. The first-order chi connectivity index (χ1) is 25.8. The zero-order valence-corrected chi connectivity index (χ0v) is 28.8. The van der Waals surface area contributed by atoms with Crippen molar-refractivity contribution in [3.63, 3.8) is 0 Å². The maximum absolute atomic E-state index is 5.30. The lowest BCUT2D eigenvalue weighted by Crippen LogP contribution is -1.98. The van der Waals surface area contributed by atoms with Gasteiger partial charge in [-0.1, -0.05) is 146 Å². The average Bonchev–Trinajstić information content (AvgIpc) is 3.78. The van der Waals surface area contributed by atoms with Crippen LogP contribution in [0, 0.1) is 0 Å². The van der Waals surface area contributed by atoms with Gasteiger partial charge in [0.05, 0.1) is 22.2 Å². The highest BCUT2D eigenvalue weighted by atomic mass is 32.1. The summed E-state index contributed by atoms with van der Waals surface area (Å²) in [6.45, 7) is 0. The van der Waals surface area contributed by atoms with Crippen LogP contribution in [0.4, 0.5) is 0 Å². The quantitative estimate of drug-likeness (QED) is 0.185. The lowest BCUT2D eigenvalue weighted by Gasteiger charge is -2.13. The maximum atomic E-state index is 5.30. The summed E-state index contributed by atoms with van der Waals surface area (Å²) in [5.74, 6) is 0.708. The Kier molecular flexibility index (Phi) is 6.42. The molecule has 0 aliphatic heterocycles. The average molecular weight is 680 g/mol. The van der Waals surface area contributed by atoms with Crippen LogP contribution in [0.2, 0.25) is 0 Å². The minimum atomic E-state index is 0.708.